The highest BCUT2D eigenvalue weighted by atomic mass is 35.5. The molecular weight excluding hydrogens is 480 g/mol. The first-order valence-electron chi connectivity index (χ1n) is 9.44. The number of halogens is 7. The highest BCUT2D eigenvalue weighted by Gasteiger charge is 2.34. The minimum absolute atomic E-state index is 0.0195. The van der Waals surface area contributed by atoms with Crippen LogP contribution in [-0.2, 0) is 6.18 Å². The molecule has 2 aromatic rings. The van der Waals surface area contributed by atoms with Crippen LogP contribution in [0.3, 0.4) is 0 Å². The Morgan fingerprint density at radius 2 is 1.75 bits per heavy atom. The van der Waals surface area contributed by atoms with Gasteiger partial charge in [-0.2, -0.15) is 13.2 Å². The molecule has 0 bridgehead atoms. The molecule has 0 unspecified atom stereocenters. The van der Waals surface area contributed by atoms with Crippen molar-refractivity contribution in [3.8, 4) is 17.4 Å². The van der Waals surface area contributed by atoms with Gasteiger partial charge in [-0.15, -0.1) is 0 Å². The molecule has 0 aliphatic carbocycles. The maximum atomic E-state index is 12.8. The minimum Gasteiger partial charge on any atom is -0.492 e. The quantitative estimate of drug-likeness (QED) is 0.237. The average Bonchev–Trinajstić information content (AvgIpc) is 2.70. The molecule has 0 aliphatic rings. The first-order valence-corrected chi connectivity index (χ1v) is 10.2. The molecule has 1 heterocycles. The smallest absolute Gasteiger partial charge is 0.433 e. The van der Waals surface area contributed by atoms with Crippen molar-refractivity contribution in [3.05, 3.63) is 57.7 Å². The van der Waals surface area contributed by atoms with Crippen molar-refractivity contribution in [2.45, 2.75) is 32.4 Å². The van der Waals surface area contributed by atoms with Crippen LogP contribution in [0, 0.1) is 0 Å². The number of rotatable bonds is 11. The topological polar surface area (TPSA) is 40.6 Å². The van der Waals surface area contributed by atoms with Gasteiger partial charge in [0.15, 0.2) is 0 Å². The molecule has 1 aromatic carbocycles. The molecule has 0 amide bonds. The second-order valence-electron chi connectivity index (χ2n) is 6.52. The predicted octanol–water partition coefficient (Wildman–Crippen LogP) is 7.45. The van der Waals surface area contributed by atoms with Gasteiger partial charge < -0.3 is 14.2 Å². The van der Waals surface area contributed by atoms with Gasteiger partial charge in [0.05, 0.1) is 18.2 Å². The van der Waals surface area contributed by atoms with Gasteiger partial charge in [-0.1, -0.05) is 23.2 Å². The van der Waals surface area contributed by atoms with Crippen LogP contribution in [0.5, 0.6) is 17.4 Å². The number of allylic oxidation sites excluding steroid dienone is 1. The SMILES string of the molecule is C/C(Cl)=C/COc1ccc(OCCCCOc2cc(C(F)F)cc(C(F)(F)F)n2)c(Cl)c1. The predicted molar refractivity (Wildman–Crippen MR) is 111 cm³/mol. The number of benzene rings is 1. The van der Waals surface area contributed by atoms with E-state index in [4.69, 9.17) is 37.4 Å². The molecule has 0 spiro atoms. The third-order valence-electron chi connectivity index (χ3n) is 3.93. The van der Waals surface area contributed by atoms with E-state index < -0.39 is 29.7 Å². The van der Waals surface area contributed by atoms with Crippen molar-refractivity contribution in [2.24, 2.45) is 0 Å². The number of pyridine rings is 1. The molecule has 32 heavy (non-hydrogen) atoms. The highest BCUT2D eigenvalue weighted by Crippen LogP contribution is 2.33. The van der Waals surface area contributed by atoms with E-state index in [1.807, 2.05) is 0 Å². The summed E-state index contributed by atoms with van der Waals surface area (Å²) in [6, 6.07) is 6.02. The molecule has 4 nitrogen and oxygen atoms in total. The Labute approximate surface area is 191 Å². The number of alkyl halides is 5. The van der Waals surface area contributed by atoms with Crippen LogP contribution in [0.15, 0.2) is 41.4 Å². The molecule has 1 aromatic heterocycles. The van der Waals surface area contributed by atoms with Crippen molar-refractivity contribution >= 4 is 23.2 Å². The molecule has 0 radical (unpaired) electrons. The van der Waals surface area contributed by atoms with Gasteiger partial charge >= 0.3 is 6.18 Å². The van der Waals surface area contributed by atoms with Crippen molar-refractivity contribution in [2.75, 3.05) is 19.8 Å². The molecule has 11 heteroatoms. The minimum atomic E-state index is -4.85. The van der Waals surface area contributed by atoms with Crippen LogP contribution in [0.25, 0.3) is 0 Å². The fourth-order valence-corrected chi connectivity index (χ4v) is 2.66. The van der Waals surface area contributed by atoms with Crippen LogP contribution in [-0.4, -0.2) is 24.8 Å². The fourth-order valence-electron chi connectivity index (χ4n) is 2.37. The van der Waals surface area contributed by atoms with Crippen LogP contribution in [0.2, 0.25) is 5.02 Å². The van der Waals surface area contributed by atoms with Crippen LogP contribution in [0.4, 0.5) is 22.0 Å². The van der Waals surface area contributed by atoms with E-state index in [0.717, 1.165) is 6.07 Å². The lowest BCUT2D eigenvalue weighted by atomic mass is 10.2. The fraction of sp³-hybridized carbons (Fsp3) is 0.381. The van der Waals surface area contributed by atoms with Gasteiger partial charge in [0, 0.05) is 22.7 Å². The Kier molecular flexibility index (Phi) is 9.84. The lowest BCUT2D eigenvalue weighted by molar-refractivity contribution is -0.141. The number of aromatic nitrogens is 1. The molecule has 0 atom stereocenters. The zero-order valence-electron chi connectivity index (χ0n) is 16.9. The Hall–Kier alpha value is -2.26. The molecular formula is C21H20Cl2F5NO3. The van der Waals surface area contributed by atoms with Crippen molar-refractivity contribution in [1.82, 2.24) is 4.98 Å². The van der Waals surface area contributed by atoms with Gasteiger partial charge in [0.1, 0.15) is 23.8 Å². The van der Waals surface area contributed by atoms with Crippen molar-refractivity contribution in [3.63, 3.8) is 0 Å². The van der Waals surface area contributed by atoms with Gasteiger partial charge in [-0.05, 0) is 44.0 Å². The van der Waals surface area contributed by atoms with E-state index in [0.29, 0.717) is 47.1 Å². The maximum absolute atomic E-state index is 12.8. The molecule has 176 valence electrons. The number of unbranched alkanes of at least 4 members (excludes halogenated alkanes) is 1. The molecule has 2 rings (SSSR count). The van der Waals surface area contributed by atoms with E-state index in [1.54, 1.807) is 31.2 Å². The summed E-state index contributed by atoms with van der Waals surface area (Å²) < 4.78 is 80.2. The molecule has 0 fully saturated rings. The standard InChI is InChI=1S/C21H20Cl2F5NO3/c1-13(22)6-9-30-15-4-5-17(16(23)12-15)31-7-2-3-8-32-19-11-14(20(24)25)10-18(29-19)21(26,27)28/h4-6,10-12,20H,2-3,7-9H2,1H3/b13-6-. The first kappa shape index (κ1) is 26.0. The number of ether oxygens (including phenoxy) is 3. The summed E-state index contributed by atoms with van der Waals surface area (Å²) in [4.78, 5) is 3.25. The monoisotopic (exact) mass is 499 g/mol. The molecule has 0 aliphatic heterocycles. The van der Waals surface area contributed by atoms with Gasteiger partial charge in [0.25, 0.3) is 6.43 Å². The lowest BCUT2D eigenvalue weighted by Gasteiger charge is -2.12. The van der Waals surface area contributed by atoms with Crippen LogP contribution in [0.1, 0.15) is 37.4 Å². The van der Waals surface area contributed by atoms with E-state index >= 15 is 0 Å². The normalized spacial score (nSPS) is 12.2. The van der Waals surface area contributed by atoms with E-state index in [-0.39, 0.29) is 13.2 Å². The average molecular weight is 500 g/mol. The summed E-state index contributed by atoms with van der Waals surface area (Å²) in [7, 11) is 0. The second-order valence-corrected chi connectivity index (χ2v) is 7.52. The third-order valence-corrected chi connectivity index (χ3v) is 4.38. The Morgan fingerprint density at radius 3 is 2.34 bits per heavy atom. The van der Waals surface area contributed by atoms with Gasteiger partial charge in [0.2, 0.25) is 5.88 Å². The summed E-state index contributed by atoms with van der Waals surface area (Å²) in [5.74, 6) is 0.473. The highest BCUT2D eigenvalue weighted by molar-refractivity contribution is 6.32. The largest absolute Gasteiger partial charge is 0.492 e. The second kappa shape index (κ2) is 12.1. The summed E-state index contributed by atoms with van der Waals surface area (Å²) in [5.41, 5.74) is -2.23. The third kappa shape index (κ3) is 8.70. The Bertz CT molecular complexity index is 919. The summed E-state index contributed by atoms with van der Waals surface area (Å²) in [6.07, 6.45) is -5.35. The summed E-state index contributed by atoms with van der Waals surface area (Å²) in [5, 5.41) is 0.955. The van der Waals surface area contributed by atoms with Gasteiger partial charge in [-0.25, -0.2) is 13.8 Å². The molecule has 0 saturated carbocycles. The number of nitrogens with zero attached hydrogens (tertiary/aromatic N) is 1. The molecule has 0 saturated heterocycles. The van der Waals surface area contributed by atoms with Crippen molar-refractivity contribution in [1.29, 1.82) is 0 Å². The number of hydrogen-bond donors (Lipinski definition) is 0. The Morgan fingerprint density at radius 1 is 1.06 bits per heavy atom. The van der Waals surface area contributed by atoms with E-state index in [1.165, 1.54) is 0 Å². The zero-order chi connectivity index (χ0) is 23.7. The first-order chi connectivity index (χ1) is 15.1. The van der Waals surface area contributed by atoms with Gasteiger partial charge in [-0.3, -0.25) is 0 Å². The Balaban J connectivity index is 1.79. The maximum Gasteiger partial charge on any atom is 0.433 e. The molecule has 0 N–H and O–H groups in total. The number of hydrogen-bond acceptors (Lipinski definition) is 4. The zero-order valence-corrected chi connectivity index (χ0v) is 18.4. The summed E-state index contributed by atoms with van der Waals surface area (Å²) in [6.45, 7) is 2.27. The van der Waals surface area contributed by atoms with E-state index in [9.17, 15) is 22.0 Å². The van der Waals surface area contributed by atoms with Crippen LogP contribution < -0.4 is 14.2 Å². The van der Waals surface area contributed by atoms with Crippen molar-refractivity contribution < 1.29 is 36.2 Å². The lowest BCUT2D eigenvalue weighted by Crippen LogP contribution is -2.11. The van der Waals surface area contributed by atoms with Crippen LogP contribution >= 0.6 is 23.2 Å². The van der Waals surface area contributed by atoms with E-state index in [2.05, 4.69) is 4.98 Å². The summed E-state index contributed by atoms with van der Waals surface area (Å²) >= 11 is 11.9.